The zero-order chi connectivity index (χ0) is 97.4. The summed E-state index contributed by atoms with van der Waals surface area (Å²) in [6, 6.07) is 10.2. The van der Waals surface area contributed by atoms with Gasteiger partial charge in [-0.2, -0.15) is 0 Å². The van der Waals surface area contributed by atoms with E-state index in [1.807, 2.05) is 13.8 Å². The van der Waals surface area contributed by atoms with Gasteiger partial charge in [-0.3, -0.25) is 62.3 Å². The Bertz CT molecular complexity index is 3590. The lowest BCUT2D eigenvalue weighted by atomic mass is 9.91. The summed E-state index contributed by atoms with van der Waals surface area (Å²) in [5, 5.41) is 65.1. The molecule has 0 bridgehead atoms. The van der Waals surface area contributed by atoms with Crippen LogP contribution in [-0.4, -0.2) is 290 Å². The molecule has 132 heavy (non-hydrogen) atoms. The van der Waals surface area contributed by atoms with Crippen molar-refractivity contribution >= 4 is 94.2 Å². The van der Waals surface area contributed by atoms with Crippen LogP contribution in [0.25, 0.3) is 0 Å². The van der Waals surface area contributed by atoms with E-state index in [-0.39, 0.29) is 245 Å². The summed E-state index contributed by atoms with van der Waals surface area (Å²) in [6.07, 6.45) is 18.8. The number of hydrogen-bond donors (Lipinski definition) is 12. The summed E-state index contributed by atoms with van der Waals surface area (Å²) in [6.45, 7) is 10.2. The Morgan fingerprint density at radius 2 is 0.742 bits per heavy atom. The molecule has 5 atom stereocenters. The van der Waals surface area contributed by atoms with Crippen molar-refractivity contribution in [2.45, 2.75) is 264 Å². The number of amides is 6. The molecule has 0 fully saturated rings. The zero-order valence-corrected chi connectivity index (χ0v) is 78.2. The van der Waals surface area contributed by atoms with Gasteiger partial charge in [0.25, 0.3) is 0 Å². The third-order valence-electron chi connectivity index (χ3n) is 20.6. The molecule has 0 aliphatic rings. The molecule has 0 spiro atoms. The van der Waals surface area contributed by atoms with E-state index in [1.54, 1.807) is 31.3 Å². The molecule has 0 unspecified atom stereocenters. The number of likely N-dealkylation sites (N-methyl/N-ethyl adjacent to an activating group) is 1. The van der Waals surface area contributed by atoms with Crippen LogP contribution in [0.1, 0.15) is 266 Å². The van der Waals surface area contributed by atoms with E-state index in [2.05, 4.69) is 37.2 Å². The molecule has 0 aliphatic carbocycles. The molecule has 12 N–H and O–H groups in total. The van der Waals surface area contributed by atoms with E-state index >= 15 is 0 Å². The first-order chi connectivity index (χ1) is 63.6. The van der Waals surface area contributed by atoms with Gasteiger partial charge in [0.1, 0.15) is 61.3 Å². The van der Waals surface area contributed by atoms with Gasteiger partial charge < -0.3 is 110 Å². The molecule has 2 aromatic carbocycles. The number of carbonyl (C=O) groups is 16. The smallest absolute Gasteiger partial charge is 0.335 e. The van der Waals surface area contributed by atoms with Gasteiger partial charge in [-0.05, 0) is 152 Å². The molecule has 0 aromatic heterocycles. The van der Waals surface area contributed by atoms with E-state index in [0.29, 0.717) is 122 Å². The Hall–Kier alpha value is -9.80. The Morgan fingerprint density at radius 3 is 1.21 bits per heavy atom. The van der Waals surface area contributed by atoms with E-state index in [4.69, 9.17) is 62.7 Å². The van der Waals surface area contributed by atoms with Crippen molar-refractivity contribution < 1.29 is 150 Å². The Morgan fingerprint density at radius 1 is 0.311 bits per heavy atom. The quantitative estimate of drug-likeness (QED) is 0.0275. The van der Waals surface area contributed by atoms with Crippen LogP contribution in [0.15, 0.2) is 48.5 Å². The summed E-state index contributed by atoms with van der Waals surface area (Å²) in [4.78, 5) is 191. The molecule has 0 saturated carbocycles. The SMILES string of the molecule is CCCNC(=O)COCCOCCCC(=O)COCCOCCNC(=O)CC[C@H](CC(=O)CCCCCCCCCOc1ccc(C(=O)O)cc1)C(=O)O.CCC[C@H](NC)C(=O)CC[C@@H](CCCCNC(=O)COCCOCCNC(=O)COCCOCCCC(=O)CC[C@H](NC(=O)CCCCCCCCCOc1ccc(C(=O)O)cc1)C(=O)O)C(=O)N[C@@H](CCC(=O)O)C(C)=O. The molecule has 0 heterocycles. The van der Waals surface area contributed by atoms with E-state index in [9.17, 15) is 86.9 Å². The number of hydrogen-bond acceptors (Lipinski definition) is 27. The van der Waals surface area contributed by atoms with Crippen LogP contribution in [0, 0.1) is 11.8 Å². The molecule has 0 saturated heterocycles. The second-order valence-electron chi connectivity index (χ2n) is 31.9. The second-order valence-corrected chi connectivity index (χ2v) is 31.9. The van der Waals surface area contributed by atoms with Crippen LogP contribution in [0.3, 0.4) is 0 Å². The van der Waals surface area contributed by atoms with E-state index in [0.717, 1.165) is 89.9 Å². The summed E-state index contributed by atoms with van der Waals surface area (Å²) >= 11 is 0. The van der Waals surface area contributed by atoms with Crippen molar-refractivity contribution in [1.82, 2.24) is 37.2 Å². The maximum absolute atomic E-state index is 13.2. The standard InChI is InChI=1S/C55H89N5O18.C39H62N2O13/c1-4-15-46(56-3)48(63)27-21-41(53(69)60-45(40(2)61)26-28-52(67)68)16-11-12-29-57-50(65)38-77-37-35-75-33-30-58-51(66)39-76-36-34-74-31-14-17-43(62)22-25-47(55(72)73)59-49(64)18-10-8-6-5-7-9-13-32-78-44-23-19-42(20-24-44)54(70)71;1-2-19-40-37(45)30-53-27-24-50-21-10-12-34(43)29-52-26-25-51-23-20-41-36(44)18-15-32(39(48)49)28-33(42)11-8-6-4-3-5-7-9-22-54-35-16-13-31(14-17-35)38(46)47/h19-20,23-24,41,45-47,56H,4-18,21-22,25-39H2,1-3H3,(H,57,65)(H,58,66)(H,59,64)(H,60,69)(H,67,68)(H,70,71)(H,72,73);13-14,16-17,32H,2-12,15,18-30H2,1H3,(H,40,45)(H,41,44)(H,46,47)(H,48,49)/t41-,45+,46+,47+;32-/m11/s1. The van der Waals surface area contributed by atoms with Gasteiger partial charge in [0, 0.05) is 103 Å². The fraction of sp³-hybridized carbons (Fsp3) is 0.702. The molecule has 748 valence electrons. The highest BCUT2D eigenvalue weighted by Crippen LogP contribution is 2.22. The average molecular weight is 1880 g/mol. The van der Waals surface area contributed by atoms with E-state index in [1.165, 1.54) is 31.2 Å². The predicted molar refractivity (Wildman–Crippen MR) is 487 cm³/mol. The van der Waals surface area contributed by atoms with Crippen LogP contribution in [0.5, 0.6) is 11.5 Å². The molecule has 38 nitrogen and oxygen atoms in total. The van der Waals surface area contributed by atoms with Gasteiger partial charge in [-0.1, -0.05) is 90.9 Å². The number of unbranched alkanes of at least 4 members (excludes halogenated alkanes) is 13. The van der Waals surface area contributed by atoms with Crippen LogP contribution >= 0.6 is 0 Å². The Balaban J connectivity index is 0.00000141. The van der Waals surface area contributed by atoms with Crippen LogP contribution in [-0.2, 0) is 105 Å². The molecular weight excluding hydrogens is 1720 g/mol. The van der Waals surface area contributed by atoms with E-state index < -0.39 is 59.7 Å². The number of ketones is 5. The number of rotatable bonds is 89. The molecule has 6 amide bonds. The second kappa shape index (κ2) is 80.8. The van der Waals surface area contributed by atoms with Gasteiger partial charge in [0.05, 0.1) is 108 Å². The first kappa shape index (κ1) is 120. The van der Waals surface area contributed by atoms with Crippen molar-refractivity contribution in [3.8, 4) is 11.5 Å². The van der Waals surface area contributed by atoms with Gasteiger partial charge in [-0.15, -0.1) is 0 Å². The van der Waals surface area contributed by atoms with Crippen molar-refractivity contribution in [2.24, 2.45) is 11.8 Å². The van der Waals surface area contributed by atoms with Crippen molar-refractivity contribution in [3.63, 3.8) is 0 Å². The van der Waals surface area contributed by atoms with Gasteiger partial charge in [0.15, 0.2) is 11.6 Å². The predicted octanol–water partition coefficient (Wildman–Crippen LogP) is 8.73. The average Bonchev–Trinajstić information content (AvgIpc) is 0.985. The molecule has 0 radical (unpaired) electrons. The lowest BCUT2D eigenvalue weighted by Crippen LogP contribution is -2.43. The number of ether oxygens (including phenoxy) is 10. The largest absolute Gasteiger partial charge is 0.494 e. The zero-order valence-electron chi connectivity index (χ0n) is 78.2. The van der Waals surface area contributed by atoms with Gasteiger partial charge in [-0.25, -0.2) is 14.4 Å². The topological polar surface area (TPSA) is 551 Å². The fourth-order valence-electron chi connectivity index (χ4n) is 13.0. The Kier molecular flexibility index (Phi) is 73.6. The van der Waals surface area contributed by atoms with Crippen molar-refractivity contribution in [2.75, 3.05) is 152 Å². The number of carbonyl (C=O) groups excluding carboxylic acids is 11. The van der Waals surface area contributed by atoms with Crippen molar-refractivity contribution in [1.29, 1.82) is 0 Å². The third kappa shape index (κ3) is 69.1. The maximum Gasteiger partial charge on any atom is 0.335 e. The minimum Gasteiger partial charge on any atom is -0.494 e. The van der Waals surface area contributed by atoms with Crippen molar-refractivity contribution in [3.05, 3.63) is 59.7 Å². The van der Waals surface area contributed by atoms with Crippen LogP contribution in [0.4, 0.5) is 0 Å². The Labute approximate surface area is 776 Å². The highest BCUT2D eigenvalue weighted by Gasteiger charge is 2.28. The lowest BCUT2D eigenvalue weighted by Gasteiger charge is -2.22. The number of Topliss-reactive ketones (excluding diaryl/α,β-unsaturated/α-hetero) is 5. The normalized spacial score (nSPS) is 12.2. The summed E-state index contributed by atoms with van der Waals surface area (Å²) in [7, 11) is 1.71. The molecule has 0 aliphatic heterocycles. The minimum absolute atomic E-state index is 0.000107. The molecule has 38 heteroatoms. The first-order valence-electron chi connectivity index (χ1n) is 46.7. The number of benzene rings is 2. The highest BCUT2D eigenvalue weighted by molar-refractivity contribution is 5.91. The first-order valence-corrected chi connectivity index (χ1v) is 46.7. The number of carboxylic acid groups (broad SMARTS) is 5. The van der Waals surface area contributed by atoms with Gasteiger partial charge >= 0.3 is 29.8 Å². The fourth-order valence-corrected chi connectivity index (χ4v) is 13.0. The van der Waals surface area contributed by atoms with Gasteiger partial charge in [0.2, 0.25) is 35.4 Å². The number of nitrogens with one attached hydrogen (secondary N) is 7. The maximum atomic E-state index is 13.2. The van der Waals surface area contributed by atoms with Crippen LogP contribution in [0.2, 0.25) is 0 Å². The monoisotopic (exact) mass is 1870 g/mol. The lowest BCUT2D eigenvalue weighted by molar-refractivity contribution is -0.144. The highest BCUT2D eigenvalue weighted by atomic mass is 16.5. The van der Waals surface area contributed by atoms with Crippen LogP contribution < -0.4 is 46.7 Å². The minimum atomic E-state index is -1.19. The molecule has 2 aromatic rings. The molecular formula is C94H151N7O31. The summed E-state index contributed by atoms with van der Waals surface area (Å²) in [5.74, 6) is -8.11. The number of carboxylic acids is 5. The molecule has 2 rings (SSSR count). The summed E-state index contributed by atoms with van der Waals surface area (Å²) in [5.41, 5.74) is 0.431. The number of aromatic carboxylic acids is 2. The number of aliphatic carboxylic acids is 3. The summed E-state index contributed by atoms with van der Waals surface area (Å²) < 4.78 is 54.2. The third-order valence-corrected chi connectivity index (χ3v) is 20.6.